The number of hydrogen-bond donors (Lipinski definition) is 1. The fourth-order valence-corrected chi connectivity index (χ4v) is 4.23. The van der Waals surface area contributed by atoms with Crippen LogP contribution in [0, 0.1) is 5.41 Å². The van der Waals surface area contributed by atoms with Gasteiger partial charge >= 0.3 is 0 Å². The fourth-order valence-electron chi connectivity index (χ4n) is 3.10. The van der Waals surface area contributed by atoms with E-state index in [0.29, 0.717) is 18.2 Å². The lowest BCUT2D eigenvalue weighted by atomic mass is 9.96. The second-order valence-electron chi connectivity index (χ2n) is 8.42. The Hall–Kier alpha value is -1.77. The third-order valence-electron chi connectivity index (χ3n) is 4.88. The van der Waals surface area contributed by atoms with E-state index in [-0.39, 0.29) is 24.3 Å². The number of benzene rings is 1. The number of anilines is 1. The van der Waals surface area contributed by atoms with E-state index in [1.165, 1.54) is 11.3 Å². The monoisotopic (exact) mass is 493 g/mol. The Labute approximate surface area is 190 Å². The number of aromatic nitrogens is 1. The number of ether oxygens (including phenoxy) is 1. The molecule has 6 nitrogen and oxygen atoms in total. The first-order valence-corrected chi connectivity index (χ1v) is 11.8. The van der Waals surface area contributed by atoms with Crippen molar-refractivity contribution in [1.29, 1.82) is 0 Å². The summed E-state index contributed by atoms with van der Waals surface area (Å²) in [5.41, 5.74) is 1.37. The summed E-state index contributed by atoms with van der Waals surface area (Å²) in [6.07, 6.45) is 2.20. The van der Waals surface area contributed by atoms with Gasteiger partial charge in [-0.3, -0.25) is 14.5 Å². The molecular formula is C22H28BrN3O3S. The van der Waals surface area contributed by atoms with Gasteiger partial charge in [0.15, 0.2) is 5.13 Å². The number of nitrogens with one attached hydrogen (secondary N) is 1. The number of carbonyl (C=O) groups is 2. The van der Waals surface area contributed by atoms with Gasteiger partial charge in [-0.15, -0.1) is 11.3 Å². The first-order valence-electron chi connectivity index (χ1n) is 10.2. The maximum Gasteiger partial charge on any atom is 0.230 e. The molecule has 1 aromatic heterocycles. The molecule has 2 amide bonds. The Kier molecular flexibility index (Phi) is 7.65. The minimum Gasteiger partial charge on any atom is -0.376 e. The molecule has 2 aromatic rings. The lowest BCUT2D eigenvalue weighted by Crippen LogP contribution is -2.41. The molecule has 0 spiro atoms. The van der Waals surface area contributed by atoms with E-state index in [0.717, 1.165) is 35.2 Å². The summed E-state index contributed by atoms with van der Waals surface area (Å²) in [6, 6.07) is 7.94. The Bertz CT molecular complexity index is 870. The van der Waals surface area contributed by atoms with Gasteiger partial charge in [0.2, 0.25) is 11.8 Å². The number of thiazole rings is 1. The normalized spacial score (nSPS) is 16.5. The maximum atomic E-state index is 13.0. The van der Waals surface area contributed by atoms with Crippen molar-refractivity contribution in [2.75, 3.05) is 24.6 Å². The van der Waals surface area contributed by atoms with Gasteiger partial charge in [0.1, 0.15) is 0 Å². The molecule has 1 aliphatic heterocycles. The van der Waals surface area contributed by atoms with Crippen molar-refractivity contribution in [2.24, 2.45) is 5.41 Å². The van der Waals surface area contributed by atoms with Gasteiger partial charge in [-0.05, 0) is 25.0 Å². The lowest BCUT2D eigenvalue weighted by molar-refractivity contribution is -0.128. The quantitative estimate of drug-likeness (QED) is 0.609. The molecule has 0 radical (unpaired) electrons. The van der Waals surface area contributed by atoms with Crippen LogP contribution in [0.2, 0.25) is 0 Å². The van der Waals surface area contributed by atoms with E-state index in [1.54, 1.807) is 4.90 Å². The zero-order valence-electron chi connectivity index (χ0n) is 17.6. The van der Waals surface area contributed by atoms with Crippen molar-refractivity contribution in [1.82, 2.24) is 10.3 Å². The van der Waals surface area contributed by atoms with Gasteiger partial charge in [0, 0.05) is 40.4 Å². The van der Waals surface area contributed by atoms with E-state index in [2.05, 4.69) is 21.2 Å². The molecule has 0 aliphatic carbocycles. The van der Waals surface area contributed by atoms with Crippen LogP contribution in [0.5, 0.6) is 0 Å². The minimum atomic E-state index is -0.477. The van der Waals surface area contributed by atoms with E-state index in [4.69, 9.17) is 9.72 Å². The first kappa shape index (κ1) is 22.9. The van der Waals surface area contributed by atoms with Crippen LogP contribution in [0.25, 0.3) is 11.3 Å². The summed E-state index contributed by atoms with van der Waals surface area (Å²) < 4.78 is 6.76. The zero-order chi connectivity index (χ0) is 21.7. The van der Waals surface area contributed by atoms with Crippen molar-refractivity contribution < 1.29 is 14.3 Å². The van der Waals surface area contributed by atoms with Crippen molar-refractivity contribution in [2.45, 2.75) is 46.1 Å². The number of halogens is 1. The number of carbonyl (C=O) groups excluding carboxylic acids is 2. The standard InChI is InChI=1S/C22H28BrN3O3S/c1-22(2,3)20(28)24-11-10-19(27)26(13-17-5-4-12-29-17)21-25-18(14-30-21)15-6-8-16(23)9-7-15/h6-9,14,17H,4-5,10-13H2,1-3H3,(H,24,28). The van der Waals surface area contributed by atoms with Crippen LogP contribution in [0.3, 0.4) is 0 Å². The van der Waals surface area contributed by atoms with Gasteiger partial charge in [0.25, 0.3) is 0 Å². The molecule has 30 heavy (non-hydrogen) atoms. The van der Waals surface area contributed by atoms with Gasteiger partial charge in [-0.1, -0.05) is 48.8 Å². The summed E-state index contributed by atoms with van der Waals surface area (Å²) in [7, 11) is 0. The molecule has 162 valence electrons. The number of hydrogen-bond acceptors (Lipinski definition) is 5. The molecule has 1 aromatic carbocycles. The maximum absolute atomic E-state index is 13.0. The SMILES string of the molecule is CC(C)(C)C(=O)NCCC(=O)N(CC1CCCO1)c1nc(-c2ccc(Br)cc2)cs1. The Morgan fingerprint density at radius 1 is 1.30 bits per heavy atom. The molecule has 1 fully saturated rings. The van der Waals surface area contributed by atoms with Crippen LogP contribution < -0.4 is 10.2 Å². The third kappa shape index (κ3) is 6.12. The highest BCUT2D eigenvalue weighted by Crippen LogP contribution is 2.29. The molecule has 8 heteroatoms. The van der Waals surface area contributed by atoms with Crippen LogP contribution >= 0.6 is 27.3 Å². The topological polar surface area (TPSA) is 71.5 Å². The highest BCUT2D eigenvalue weighted by molar-refractivity contribution is 9.10. The van der Waals surface area contributed by atoms with Crippen LogP contribution in [-0.2, 0) is 14.3 Å². The van der Waals surface area contributed by atoms with E-state index in [9.17, 15) is 9.59 Å². The van der Waals surface area contributed by atoms with Crippen molar-refractivity contribution in [3.05, 3.63) is 34.1 Å². The molecule has 1 unspecified atom stereocenters. The van der Waals surface area contributed by atoms with E-state index in [1.807, 2.05) is 50.4 Å². The molecule has 2 heterocycles. The smallest absolute Gasteiger partial charge is 0.230 e. The second-order valence-corrected chi connectivity index (χ2v) is 10.2. The Morgan fingerprint density at radius 3 is 2.67 bits per heavy atom. The largest absolute Gasteiger partial charge is 0.376 e. The average molecular weight is 494 g/mol. The highest BCUT2D eigenvalue weighted by atomic mass is 79.9. The van der Waals surface area contributed by atoms with E-state index < -0.39 is 5.41 Å². The van der Waals surface area contributed by atoms with Crippen LogP contribution in [0.1, 0.15) is 40.0 Å². The molecule has 0 bridgehead atoms. The van der Waals surface area contributed by atoms with Gasteiger partial charge < -0.3 is 10.1 Å². The Balaban J connectivity index is 1.71. The van der Waals surface area contributed by atoms with Crippen molar-refractivity contribution in [3.8, 4) is 11.3 Å². The molecule has 3 rings (SSSR count). The molecule has 1 atom stereocenters. The van der Waals surface area contributed by atoms with Crippen LogP contribution in [0.4, 0.5) is 5.13 Å². The number of nitrogens with zero attached hydrogens (tertiary/aromatic N) is 2. The highest BCUT2D eigenvalue weighted by Gasteiger charge is 2.26. The molecule has 1 aliphatic rings. The number of amides is 2. The minimum absolute atomic E-state index is 0.0261. The van der Waals surface area contributed by atoms with Crippen LogP contribution in [-0.4, -0.2) is 42.6 Å². The molecule has 1 saturated heterocycles. The predicted octanol–water partition coefficient (Wildman–Crippen LogP) is 4.64. The van der Waals surface area contributed by atoms with Gasteiger partial charge in [0.05, 0.1) is 18.3 Å². The zero-order valence-corrected chi connectivity index (χ0v) is 20.0. The van der Waals surface area contributed by atoms with Gasteiger partial charge in [-0.25, -0.2) is 4.98 Å². The average Bonchev–Trinajstić information content (AvgIpc) is 3.37. The second kappa shape index (κ2) is 10.0. The van der Waals surface area contributed by atoms with E-state index >= 15 is 0 Å². The summed E-state index contributed by atoms with van der Waals surface area (Å²) in [5, 5.41) is 5.48. The molecule has 1 N–H and O–H groups in total. The summed E-state index contributed by atoms with van der Waals surface area (Å²) in [5.74, 6) is -0.121. The number of rotatable bonds is 7. The lowest BCUT2D eigenvalue weighted by Gasteiger charge is -2.24. The fraction of sp³-hybridized carbons (Fsp3) is 0.500. The predicted molar refractivity (Wildman–Crippen MR) is 124 cm³/mol. The first-order chi connectivity index (χ1) is 14.2. The van der Waals surface area contributed by atoms with Crippen molar-refractivity contribution in [3.63, 3.8) is 0 Å². The third-order valence-corrected chi connectivity index (χ3v) is 6.27. The van der Waals surface area contributed by atoms with Crippen LogP contribution in [0.15, 0.2) is 34.1 Å². The summed E-state index contributed by atoms with van der Waals surface area (Å²) in [6.45, 7) is 7.09. The molecular weight excluding hydrogens is 466 g/mol. The summed E-state index contributed by atoms with van der Waals surface area (Å²) >= 11 is 4.90. The van der Waals surface area contributed by atoms with Gasteiger partial charge in [-0.2, -0.15) is 0 Å². The summed E-state index contributed by atoms with van der Waals surface area (Å²) in [4.78, 5) is 31.5. The molecule has 0 saturated carbocycles. The van der Waals surface area contributed by atoms with Crippen molar-refractivity contribution >= 4 is 44.2 Å². The Morgan fingerprint density at radius 2 is 2.03 bits per heavy atom.